The molecule has 1 saturated heterocycles. The zero-order valence-corrected chi connectivity index (χ0v) is 20.0. The number of pyridine rings is 1. The van der Waals surface area contributed by atoms with Gasteiger partial charge in [0.05, 0.1) is 16.9 Å². The molecule has 9 heteroatoms. The predicted molar refractivity (Wildman–Crippen MR) is 132 cm³/mol. The Morgan fingerprint density at radius 2 is 1.97 bits per heavy atom. The van der Waals surface area contributed by atoms with E-state index in [9.17, 15) is 9.18 Å². The van der Waals surface area contributed by atoms with E-state index < -0.39 is 5.82 Å². The molecule has 1 aromatic carbocycles. The van der Waals surface area contributed by atoms with E-state index in [-0.39, 0.29) is 11.6 Å². The van der Waals surface area contributed by atoms with Crippen molar-refractivity contribution in [2.45, 2.75) is 39.7 Å². The van der Waals surface area contributed by atoms with E-state index in [1.165, 1.54) is 6.07 Å². The summed E-state index contributed by atoms with van der Waals surface area (Å²) in [6.45, 7) is 8.74. The number of nitrogens with zero attached hydrogens (tertiary/aromatic N) is 5. The fraction of sp³-hybridized carbons (Fsp3) is 0.400. The van der Waals surface area contributed by atoms with Crippen molar-refractivity contribution < 1.29 is 9.18 Å². The minimum absolute atomic E-state index is 0.252. The van der Waals surface area contributed by atoms with E-state index in [1.54, 1.807) is 15.3 Å². The van der Waals surface area contributed by atoms with E-state index in [2.05, 4.69) is 32.5 Å². The number of piperidine rings is 1. The molecule has 3 aromatic heterocycles. The van der Waals surface area contributed by atoms with E-state index >= 15 is 0 Å². The Hall–Kier alpha value is -3.46. The first-order chi connectivity index (χ1) is 16.4. The number of benzene rings is 1. The number of aromatic nitrogens is 4. The molecule has 1 amide bonds. The second-order valence-corrected chi connectivity index (χ2v) is 9.02. The lowest BCUT2D eigenvalue weighted by atomic mass is 10.0. The van der Waals surface area contributed by atoms with Crippen molar-refractivity contribution in [3.05, 3.63) is 53.4 Å². The molecule has 8 nitrogen and oxygen atoms in total. The zero-order chi connectivity index (χ0) is 24.0. The molecule has 0 unspecified atom stereocenters. The third kappa shape index (κ3) is 3.90. The number of hydrogen-bond donors (Lipinski definition) is 2. The van der Waals surface area contributed by atoms with E-state index in [0.717, 1.165) is 54.9 Å². The Morgan fingerprint density at radius 3 is 2.71 bits per heavy atom. The predicted octanol–water partition coefficient (Wildman–Crippen LogP) is 3.81. The van der Waals surface area contributed by atoms with Crippen LogP contribution < -0.4 is 15.5 Å². The molecule has 4 aromatic rings. The quantitative estimate of drug-likeness (QED) is 0.471. The smallest absolute Gasteiger partial charge is 0.257 e. The standard InChI is InChI=1S/C25H30FN7O/c1-5-27-17-8-10-32(11-9-17)22-7-6-19(23-20(22)14-31(4)30-23)25(34)29-18-12-21(26)24-28-15(2)16(3)33(24)13-18/h6-7,12-14,17,27H,5,8-11H2,1-4H3,(H,29,34). The highest BCUT2D eigenvalue weighted by molar-refractivity contribution is 6.13. The van der Waals surface area contributed by atoms with Crippen LogP contribution in [0.15, 0.2) is 30.6 Å². The van der Waals surface area contributed by atoms with Gasteiger partial charge in [0.25, 0.3) is 5.91 Å². The van der Waals surface area contributed by atoms with Gasteiger partial charge in [-0.25, -0.2) is 9.37 Å². The highest BCUT2D eigenvalue weighted by atomic mass is 19.1. The first kappa shape index (κ1) is 22.3. The third-order valence-electron chi connectivity index (χ3n) is 6.75. The number of aryl methyl sites for hydroxylation is 3. The summed E-state index contributed by atoms with van der Waals surface area (Å²) in [7, 11) is 1.86. The molecular formula is C25H30FN7O. The molecule has 4 heterocycles. The summed E-state index contributed by atoms with van der Waals surface area (Å²) in [6, 6.07) is 5.67. The molecule has 1 aliphatic rings. The molecule has 0 radical (unpaired) electrons. The van der Waals surface area contributed by atoms with Crippen LogP contribution in [0.2, 0.25) is 0 Å². The average molecular weight is 464 g/mol. The van der Waals surface area contributed by atoms with Crippen LogP contribution in [-0.2, 0) is 7.05 Å². The zero-order valence-electron chi connectivity index (χ0n) is 20.0. The maximum Gasteiger partial charge on any atom is 0.257 e. The first-order valence-corrected chi connectivity index (χ1v) is 11.8. The number of nitrogens with one attached hydrogen (secondary N) is 2. The second-order valence-electron chi connectivity index (χ2n) is 9.02. The maximum absolute atomic E-state index is 14.6. The molecule has 0 aliphatic carbocycles. The van der Waals surface area contributed by atoms with Crippen LogP contribution in [0.5, 0.6) is 0 Å². The molecule has 1 aliphatic heterocycles. The number of halogens is 1. The Kier molecular flexibility index (Phi) is 5.73. The van der Waals surface area contributed by atoms with Gasteiger partial charge in [-0.1, -0.05) is 6.92 Å². The Morgan fingerprint density at radius 1 is 1.21 bits per heavy atom. The lowest BCUT2D eigenvalue weighted by Gasteiger charge is -2.34. The van der Waals surface area contributed by atoms with E-state index in [0.29, 0.717) is 22.8 Å². The summed E-state index contributed by atoms with van der Waals surface area (Å²) < 4.78 is 18.0. The highest BCUT2D eigenvalue weighted by Crippen LogP contribution is 2.31. The number of carbonyl (C=O) groups excluding carboxylic acids is 1. The minimum Gasteiger partial charge on any atom is -0.371 e. The topological polar surface area (TPSA) is 79.5 Å². The molecule has 0 spiro atoms. The fourth-order valence-electron chi connectivity index (χ4n) is 4.88. The summed E-state index contributed by atoms with van der Waals surface area (Å²) in [5.41, 5.74) is 4.40. The van der Waals surface area contributed by atoms with Gasteiger partial charge in [-0.05, 0) is 45.4 Å². The summed E-state index contributed by atoms with van der Waals surface area (Å²) in [4.78, 5) is 19.9. The largest absolute Gasteiger partial charge is 0.371 e. The van der Waals surface area contributed by atoms with Crippen LogP contribution >= 0.6 is 0 Å². The first-order valence-electron chi connectivity index (χ1n) is 11.8. The van der Waals surface area contributed by atoms with Gasteiger partial charge in [0.15, 0.2) is 11.5 Å². The Bertz CT molecular complexity index is 1380. The number of anilines is 2. The lowest BCUT2D eigenvalue weighted by molar-refractivity contribution is 0.102. The van der Waals surface area contributed by atoms with Gasteiger partial charge < -0.3 is 15.5 Å². The van der Waals surface area contributed by atoms with Crippen molar-refractivity contribution in [2.24, 2.45) is 7.05 Å². The summed E-state index contributed by atoms with van der Waals surface area (Å²) >= 11 is 0. The number of amides is 1. The van der Waals surface area contributed by atoms with Crippen LogP contribution in [0.4, 0.5) is 15.8 Å². The van der Waals surface area contributed by atoms with Crippen molar-refractivity contribution in [3.8, 4) is 0 Å². The average Bonchev–Trinajstić information content (AvgIpc) is 3.34. The van der Waals surface area contributed by atoms with Gasteiger partial charge in [-0.3, -0.25) is 13.9 Å². The van der Waals surface area contributed by atoms with Gasteiger partial charge in [-0.2, -0.15) is 5.10 Å². The number of fused-ring (bicyclic) bond motifs is 2. The SMILES string of the molecule is CCNC1CCN(c2ccc(C(=O)Nc3cc(F)c4nc(C)c(C)n4c3)c3nn(C)cc23)CC1. The van der Waals surface area contributed by atoms with Gasteiger partial charge in [-0.15, -0.1) is 0 Å². The highest BCUT2D eigenvalue weighted by Gasteiger charge is 2.23. The lowest BCUT2D eigenvalue weighted by Crippen LogP contribution is -2.42. The van der Waals surface area contributed by atoms with Crippen molar-refractivity contribution in [2.75, 3.05) is 29.9 Å². The van der Waals surface area contributed by atoms with Crippen molar-refractivity contribution in [1.82, 2.24) is 24.5 Å². The van der Waals surface area contributed by atoms with Crippen LogP contribution in [0.1, 0.15) is 41.5 Å². The number of rotatable bonds is 5. The number of carbonyl (C=O) groups is 1. The molecule has 0 saturated carbocycles. The van der Waals surface area contributed by atoms with Gasteiger partial charge in [0.1, 0.15) is 5.52 Å². The van der Waals surface area contributed by atoms with Crippen LogP contribution in [0.3, 0.4) is 0 Å². The molecule has 178 valence electrons. The molecule has 0 atom stereocenters. The Labute approximate surface area is 197 Å². The molecular weight excluding hydrogens is 433 g/mol. The van der Waals surface area contributed by atoms with Crippen molar-refractivity contribution >= 4 is 33.8 Å². The van der Waals surface area contributed by atoms with Gasteiger partial charge in [0.2, 0.25) is 0 Å². The summed E-state index contributed by atoms with van der Waals surface area (Å²) in [6.07, 6.45) is 5.82. The maximum atomic E-state index is 14.6. The number of hydrogen-bond acceptors (Lipinski definition) is 5. The molecule has 2 N–H and O–H groups in total. The summed E-state index contributed by atoms with van der Waals surface area (Å²) in [5, 5.41) is 11.9. The molecule has 34 heavy (non-hydrogen) atoms. The molecule has 0 bridgehead atoms. The van der Waals surface area contributed by atoms with Gasteiger partial charge >= 0.3 is 0 Å². The van der Waals surface area contributed by atoms with Gasteiger partial charge in [0, 0.05) is 61.4 Å². The van der Waals surface area contributed by atoms with Crippen molar-refractivity contribution in [3.63, 3.8) is 0 Å². The van der Waals surface area contributed by atoms with E-state index in [4.69, 9.17) is 0 Å². The second kappa shape index (κ2) is 8.72. The monoisotopic (exact) mass is 463 g/mol. The minimum atomic E-state index is -0.478. The fourth-order valence-corrected chi connectivity index (χ4v) is 4.88. The van der Waals surface area contributed by atoms with Crippen molar-refractivity contribution in [1.29, 1.82) is 0 Å². The number of imidazole rings is 1. The molecule has 5 rings (SSSR count). The van der Waals surface area contributed by atoms with E-state index in [1.807, 2.05) is 39.2 Å². The molecule has 1 fully saturated rings. The Balaban J connectivity index is 1.44. The summed E-state index contributed by atoms with van der Waals surface area (Å²) in [5.74, 6) is -0.803. The van der Waals surface area contributed by atoms with Crippen LogP contribution in [0, 0.1) is 19.7 Å². The van der Waals surface area contributed by atoms with Crippen LogP contribution in [-0.4, -0.2) is 50.7 Å². The third-order valence-corrected chi connectivity index (χ3v) is 6.75. The van der Waals surface area contributed by atoms with Crippen LogP contribution in [0.25, 0.3) is 16.6 Å². The normalized spacial score (nSPS) is 14.9.